The van der Waals surface area contributed by atoms with Gasteiger partial charge in [0.2, 0.25) is 0 Å². The van der Waals surface area contributed by atoms with E-state index in [4.69, 9.17) is 4.74 Å². The van der Waals surface area contributed by atoms with E-state index in [-0.39, 0.29) is 11.3 Å². The number of piperidine rings is 1. The summed E-state index contributed by atoms with van der Waals surface area (Å²) in [6.45, 7) is 2.73. The number of allylic oxidation sites excluding steroid dienone is 1. The van der Waals surface area contributed by atoms with Gasteiger partial charge in [-0.1, -0.05) is 18.2 Å². The minimum Gasteiger partial charge on any atom is -0.496 e. The van der Waals surface area contributed by atoms with Crippen LogP contribution in [-0.2, 0) is 0 Å². The molecule has 124 valence electrons. The van der Waals surface area contributed by atoms with E-state index in [0.29, 0.717) is 17.9 Å². The van der Waals surface area contributed by atoms with Crippen LogP contribution in [0.5, 0.6) is 5.75 Å². The number of methoxy groups -OCH3 is 1. The molecule has 1 saturated heterocycles. The summed E-state index contributed by atoms with van der Waals surface area (Å²) in [5.41, 5.74) is 0.705. The highest BCUT2D eigenvalue weighted by Crippen LogP contribution is 2.45. The Labute approximate surface area is 142 Å². The van der Waals surface area contributed by atoms with Gasteiger partial charge < -0.3 is 15.4 Å². The van der Waals surface area contributed by atoms with Crippen molar-refractivity contribution in [2.24, 2.45) is 5.41 Å². The van der Waals surface area contributed by atoms with Gasteiger partial charge in [-0.25, -0.2) is 0 Å². The number of nitrogens with one attached hydrogen (secondary N) is 2. The molecule has 2 N–H and O–H groups in total. The van der Waals surface area contributed by atoms with Gasteiger partial charge in [0.25, 0.3) is 5.91 Å². The highest BCUT2D eigenvalue weighted by Gasteiger charge is 2.37. The first-order valence-corrected chi connectivity index (χ1v) is 9.19. The molecule has 0 aliphatic carbocycles. The first-order chi connectivity index (χ1) is 11.2. The Bertz CT molecular complexity index is 594. The number of hydrogen-bond donors (Lipinski definition) is 2. The molecular formula is C18H24N2O2S. The van der Waals surface area contributed by atoms with Crippen molar-refractivity contribution in [1.82, 2.24) is 10.6 Å². The smallest absolute Gasteiger partial charge is 0.255 e. The van der Waals surface area contributed by atoms with Crippen molar-refractivity contribution >= 4 is 17.7 Å². The fourth-order valence-electron chi connectivity index (χ4n) is 3.38. The first kappa shape index (κ1) is 16.4. The third kappa shape index (κ3) is 3.56. The molecule has 0 bridgehead atoms. The van der Waals surface area contributed by atoms with Gasteiger partial charge >= 0.3 is 0 Å². The minimum atomic E-state index is -0.0519. The predicted octanol–water partition coefficient (Wildman–Crippen LogP) is 2.82. The van der Waals surface area contributed by atoms with Crippen LogP contribution in [0.25, 0.3) is 0 Å². The van der Waals surface area contributed by atoms with Gasteiger partial charge in [0.1, 0.15) is 5.75 Å². The summed E-state index contributed by atoms with van der Waals surface area (Å²) in [5.74, 6) is 1.74. The van der Waals surface area contributed by atoms with E-state index >= 15 is 0 Å². The highest BCUT2D eigenvalue weighted by molar-refractivity contribution is 8.03. The maximum atomic E-state index is 12.6. The van der Waals surface area contributed by atoms with Crippen LogP contribution in [0.2, 0.25) is 0 Å². The predicted molar refractivity (Wildman–Crippen MR) is 95.0 cm³/mol. The second-order valence-electron chi connectivity index (χ2n) is 6.12. The van der Waals surface area contributed by atoms with Gasteiger partial charge in [0, 0.05) is 17.7 Å². The van der Waals surface area contributed by atoms with Crippen molar-refractivity contribution in [2.75, 3.05) is 32.5 Å². The van der Waals surface area contributed by atoms with Gasteiger partial charge in [0.15, 0.2) is 0 Å². The van der Waals surface area contributed by atoms with Gasteiger partial charge in [-0.3, -0.25) is 4.79 Å². The number of carbonyl (C=O) groups is 1. The average Bonchev–Trinajstić information content (AvgIpc) is 3.16. The molecule has 0 spiro atoms. The largest absolute Gasteiger partial charge is 0.496 e. The summed E-state index contributed by atoms with van der Waals surface area (Å²) in [7, 11) is 1.60. The molecule has 5 heteroatoms. The fraction of sp³-hybridized carbons (Fsp3) is 0.500. The highest BCUT2D eigenvalue weighted by atomic mass is 32.2. The Balaban J connectivity index is 1.72. The number of amides is 1. The van der Waals surface area contributed by atoms with Gasteiger partial charge in [0.05, 0.1) is 12.7 Å². The Hall–Kier alpha value is -1.46. The molecule has 2 aliphatic rings. The molecular weight excluding hydrogens is 308 g/mol. The molecule has 2 heterocycles. The zero-order valence-corrected chi connectivity index (χ0v) is 14.4. The summed E-state index contributed by atoms with van der Waals surface area (Å²) in [5, 5.41) is 6.59. The van der Waals surface area contributed by atoms with E-state index in [9.17, 15) is 4.79 Å². The molecule has 1 aromatic carbocycles. The SMILES string of the molecule is COc1ccccc1C(=O)NCC1(C2=CCCS2)CCNCC1. The molecule has 1 fully saturated rings. The molecule has 0 radical (unpaired) electrons. The monoisotopic (exact) mass is 332 g/mol. The molecule has 4 nitrogen and oxygen atoms in total. The van der Waals surface area contributed by atoms with Crippen LogP contribution < -0.4 is 15.4 Å². The first-order valence-electron chi connectivity index (χ1n) is 8.20. The van der Waals surface area contributed by atoms with Gasteiger partial charge in [-0.2, -0.15) is 0 Å². The summed E-state index contributed by atoms with van der Waals surface area (Å²) < 4.78 is 5.30. The normalized spacial score (nSPS) is 20.0. The number of rotatable bonds is 5. The molecule has 3 rings (SSSR count). The van der Waals surface area contributed by atoms with E-state index in [2.05, 4.69) is 16.7 Å². The molecule has 0 saturated carbocycles. The van der Waals surface area contributed by atoms with Crippen molar-refractivity contribution in [3.63, 3.8) is 0 Å². The lowest BCUT2D eigenvalue weighted by molar-refractivity contribution is 0.0927. The number of hydrogen-bond acceptors (Lipinski definition) is 4. The molecule has 0 unspecified atom stereocenters. The summed E-state index contributed by atoms with van der Waals surface area (Å²) >= 11 is 1.96. The Morgan fingerprint density at radius 2 is 2.13 bits per heavy atom. The molecule has 1 amide bonds. The minimum absolute atomic E-state index is 0.0519. The number of ether oxygens (including phenoxy) is 1. The maximum absolute atomic E-state index is 12.6. The third-order valence-electron chi connectivity index (χ3n) is 4.73. The van der Waals surface area contributed by atoms with E-state index in [0.717, 1.165) is 32.4 Å². The average molecular weight is 332 g/mol. The Morgan fingerprint density at radius 1 is 1.35 bits per heavy atom. The third-order valence-corrected chi connectivity index (χ3v) is 6.08. The van der Waals surface area contributed by atoms with E-state index in [1.807, 2.05) is 36.0 Å². The van der Waals surface area contributed by atoms with Crippen LogP contribution in [0.1, 0.15) is 29.6 Å². The van der Waals surface area contributed by atoms with Crippen molar-refractivity contribution in [3.05, 3.63) is 40.8 Å². The molecule has 1 aromatic rings. The number of thioether (sulfide) groups is 1. The topological polar surface area (TPSA) is 50.4 Å². The van der Waals surface area contributed by atoms with Crippen molar-refractivity contribution in [2.45, 2.75) is 19.3 Å². The fourth-order valence-corrected chi connectivity index (χ4v) is 4.65. The van der Waals surface area contributed by atoms with Crippen molar-refractivity contribution < 1.29 is 9.53 Å². The summed E-state index contributed by atoms with van der Waals surface area (Å²) in [4.78, 5) is 14.1. The van der Waals surface area contributed by atoms with Gasteiger partial charge in [-0.05, 0) is 49.4 Å². The van der Waals surface area contributed by atoms with Crippen molar-refractivity contribution in [1.29, 1.82) is 0 Å². The number of benzene rings is 1. The number of para-hydroxylation sites is 1. The zero-order chi connectivity index (χ0) is 16.1. The lowest BCUT2D eigenvalue weighted by Crippen LogP contribution is -2.45. The van der Waals surface area contributed by atoms with Crippen LogP contribution in [0, 0.1) is 5.41 Å². The second kappa shape index (κ2) is 7.41. The van der Waals surface area contributed by atoms with Crippen molar-refractivity contribution in [3.8, 4) is 5.75 Å². The molecule has 2 aliphatic heterocycles. The summed E-state index contributed by atoms with van der Waals surface area (Å²) in [6, 6.07) is 7.38. The van der Waals surface area contributed by atoms with Crippen LogP contribution in [-0.4, -0.2) is 38.4 Å². The molecule has 23 heavy (non-hydrogen) atoms. The summed E-state index contributed by atoms with van der Waals surface area (Å²) in [6.07, 6.45) is 5.68. The second-order valence-corrected chi connectivity index (χ2v) is 7.26. The van der Waals surface area contributed by atoms with E-state index < -0.39 is 0 Å². The van der Waals surface area contributed by atoms with Gasteiger partial charge in [-0.15, -0.1) is 11.8 Å². The quantitative estimate of drug-likeness (QED) is 0.870. The lowest BCUT2D eigenvalue weighted by Gasteiger charge is -2.38. The van der Waals surface area contributed by atoms with Crippen LogP contribution in [0.15, 0.2) is 35.2 Å². The maximum Gasteiger partial charge on any atom is 0.255 e. The number of carbonyl (C=O) groups excluding carboxylic acids is 1. The standard InChI is InChI=1S/C18H24N2O2S/c1-22-15-6-3-2-5-14(15)17(21)20-13-18(8-10-19-11-9-18)16-7-4-12-23-16/h2-3,5-7,19H,4,8-13H2,1H3,(H,20,21). The Morgan fingerprint density at radius 3 is 2.83 bits per heavy atom. The Kier molecular flexibility index (Phi) is 5.28. The van der Waals surface area contributed by atoms with E-state index in [1.54, 1.807) is 7.11 Å². The molecule has 0 atom stereocenters. The van der Waals surface area contributed by atoms with Crippen LogP contribution in [0.3, 0.4) is 0 Å². The van der Waals surface area contributed by atoms with Crippen LogP contribution >= 0.6 is 11.8 Å². The van der Waals surface area contributed by atoms with Crippen LogP contribution in [0.4, 0.5) is 0 Å². The zero-order valence-electron chi connectivity index (χ0n) is 13.6. The lowest BCUT2D eigenvalue weighted by atomic mass is 9.78. The van der Waals surface area contributed by atoms with E-state index in [1.165, 1.54) is 10.7 Å². The molecule has 0 aromatic heterocycles.